The highest BCUT2D eigenvalue weighted by Crippen LogP contribution is 2.32. The molecule has 3 rings (SSSR count). The summed E-state index contributed by atoms with van der Waals surface area (Å²) in [5.41, 5.74) is 1.83. The molecular weight excluding hydrogens is 407 g/mol. The van der Waals surface area contributed by atoms with Crippen molar-refractivity contribution in [3.05, 3.63) is 69.7 Å². The van der Waals surface area contributed by atoms with E-state index >= 15 is 0 Å². The van der Waals surface area contributed by atoms with E-state index in [0.717, 1.165) is 24.2 Å². The van der Waals surface area contributed by atoms with Crippen molar-refractivity contribution in [1.29, 1.82) is 0 Å². The molecular formula is C23H28Cl2N2O2. The molecule has 0 radical (unpaired) electrons. The fraction of sp³-hybridized carbons (Fsp3) is 0.435. The maximum absolute atomic E-state index is 12.6. The van der Waals surface area contributed by atoms with E-state index in [9.17, 15) is 4.79 Å². The SMILES string of the molecule is CC1CN(C(c2ccc(Cl)cc2)c2ccc(Cl)cc2)CCN1C(=O)OC(C)(C)C. The van der Waals surface area contributed by atoms with Gasteiger partial charge in [0, 0.05) is 35.7 Å². The Morgan fingerprint density at radius 3 is 1.86 bits per heavy atom. The van der Waals surface area contributed by atoms with Crippen molar-refractivity contribution in [3.63, 3.8) is 0 Å². The number of amides is 1. The van der Waals surface area contributed by atoms with Crippen LogP contribution in [0, 0.1) is 0 Å². The minimum atomic E-state index is -0.497. The average molecular weight is 435 g/mol. The smallest absolute Gasteiger partial charge is 0.410 e. The summed E-state index contributed by atoms with van der Waals surface area (Å²) in [7, 11) is 0. The second kappa shape index (κ2) is 8.95. The fourth-order valence-corrected chi connectivity index (χ4v) is 3.97. The van der Waals surface area contributed by atoms with Crippen LogP contribution in [0.25, 0.3) is 0 Å². The first kappa shape index (κ1) is 21.9. The Morgan fingerprint density at radius 1 is 0.966 bits per heavy atom. The van der Waals surface area contributed by atoms with Gasteiger partial charge in [-0.15, -0.1) is 0 Å². The van der Waals surface area contributed by atoms with Gasteiger partial charge in [0.1, 0.15) is 5.60 Å². The summed E-state index contributed by atoms with van der Waals surface area (Å²) in [6.45, 7) is 9.86. The van der Waals surface area contributed by atoms with Crippen LogP contribution in [0.15, 0.2) is 48.5 Å². The summed E-state index contributed by atoms with van der Waals surface area (Å²) in [6, 6.07) is 16.0. The molecule has 4 nitrogen and oxygen atoms in total. The van der Waals surface area contributed by atoms with E-state index in [0.29, 0.717) is 16.6 Å². The van der Waals surface area contributed by atoms with Crippen molar-refractivity contribution in [2.45, 2.75) is 45.4 Å². The predicted octanol–water partition coefficient (Wildman–Crippen LogP) is 6.02. The van der Waals surface area contributed by atoms with Gasteiger partial charge in [-0.3, -0.25) is 4.90 Å². The number of carbonyl (C=O) groups excluding carboxylic acids is 1. The van der Waals surface area contributed by atoms with E-state index in [1.807, 2.05) is 49.9 Å². The third-order valence-electron chi connectivity index (χ3n) is 5.02. The van der Waals surface area contributed by atoms with Crippen molar-refractivity contribution >= 4 is 29.3 Å². The average Bonchev–Trinajstić information content (AvgIpc) is 2.63. The van der Waals surface area contributed by atoms with Crippen LogP contribution >= 0.6 is 23.2 Å². The van der Waals surface area contributed by atoms with Crippen molar-refractivity contribution in [3.8, 4) is 0 Å². The van der Waals surface area contributed by atoms with Crippen LogP contribution in [0.4, 0.5) is 4.79 Å². The van der Waals surface area contributed by atoms with Gasteiger partial charge in [-0.25, -0.2) is 4.79 Å². The predicted molar refractivity (Wildman–Crippen MR) is 119 cm³/mol. The zero-order valence-electron chi connectivity index (χ0n) is 17.4. The zero-order valence-corrected chi connectivity index (χ0v) is 18.9. The lowest BCUT2D eigenvalue weighted by Crippen LogP contribution is -2.55. The van der Waals surface area contributed by atoms with Crippen molar-refractivity contribution < 1.29 is 9.53 Å². The van der Waals surface area contributed by atoms with Crippen molar-refractivity contribution in [2.75, 3.05) is 19.6 Å². The molecule has 0 aliphatic carbocycles. The second-order valence-electron chi connectivity index (χ2n) is 8.52. The third kappa shape index (κ3) is 5.65. The van der Waals surface area contributed by atoms with E-state index in [4.69, 9.17) is 27.9 Å². The maximum atomic E-state index is 12.6. The van der Waals surface area contributed by atoms with Gasteiger partial charge in [-0.1, -0.05) is 47.5 Å². The molecule has 1 aliphatic heterocycles. The van der Waals surface area contributed by atoms with E-state index in [1.54, 1.807) is 0 Å². The molecule has 0 spiro atoms. The standard InChI is InChI=1S/C23H28Cl2N2O2/c1-16-15-26(13-14-27(16)22(28)29-23(2,3)4)21(17-5-9-19(24)10-6-17)18-7-11-20(25)12-8-18/h5-12,16,21H,13-15H2,1-4H3. The van der Waals surface area contributed by atoms with Gasteiger partial charge < -0.3 is 9.64 Å². The highest BCUT2D eigenvalue weighted by molar-refractivity contribution is 6.30. The molecule has 1 fully saturated rings. The molecule has 0 N–H and O–H groups in total. The molecule has 1 aliphatic rings. The molecule has 1 amide bonds. The van der Waals surface area contributed by atoms with Crippen LogP contribution in [0.2, 0.25) is 10.0 Å². The summed E-state index contributed by atoms with van der Waals surface area (Å²) in [6.07, 6.45) is -0.251. The Bertz CT molecular complexity index is 786. The second-order valence-corrected chi connectivity index (χ2v) is 9.40. The Hall–Kier alpha value is -1.75. The first-order valence-electron chi connectivity index (χ1n) is 9.88. The number of ether oxygens (including phenoxy) is 1. The normalized spacial score (nSPS) is 18.2. The van der Waals surface area contributed by atoms with Gasteiger partial charge in [0.2, 0.25) is 0 Å². The van der Waals surface area contributed by atoms with Crippen LogP contribution in [-0.4, -0.2) is 47.2 Å². The summed E-state index contributed by atoms with van der Waals surface area (Å²) in [5, 5.41) is 1.43. The van der Waals surface area contributed by atoms with E-state index < -0.39 is 5.60 Å². The molecule has 1 saturated heterocycles. The molecule has 2 aromatic rings. The largest absolute Gasteiger partial charge is 0.444 e. The van der Waals surface area contributed by atoms with Gasteiger partial charge >= 0.3 is 6.09 Å². The monoisotopic (exact) mass is 434 g/mol. The molecule has 29 heavy (non-hydrogen) atoms. The molecule has 2 aromatic carbocycles. The Labute approximate surface area is 183 Å². The minimum Gasteiger partial charge on any atom is -0.444 e. The summed E-state index contributed by atoms with van der Waals surface area (Å²) >= 11 is 12.2. The molecule has 1 heterocycles. The number of hydrogen-bond donors (Lipinski definition) is 0. The third-order valence-corrected chi connectivity index (χ3v) is 5.53. The van der Waals surface area contributed by atoms with Crippen molar-refractivity contribution in [1.82, 2.24) is 9.80 Å². The highest BCUT2D eigenvalue weighted by Gasteiger charge is 2.34. The summed E-state index contributed by atoms with van der Waals surface area (Å²) in [5.74, 6) is 0. The highest BCUT2D eigenvalue weighted by atomic mass is 35.5. The molecule has 0 bridgehead atoms. The summed E-state index contributed by atoms with van der Waals surface area (Å²) < 4.78 is 5.58. The number of carbonyl (C=O) groups is 1. The van der Waals surface area contributed by atoms with E-state index in [1.165, 1.54) is 0 Å². The summed E-state index contributed by atoms with van der Waals surface area (Å²) in [4.78, 5) is 16.8. The number of piperazine rings is 1. The topological polar surface area (TPSA) is 32.8 Å². The van der Waals surface area contributed by atoms with E-state index in [-0.39, 0.29) is 18.2 Å². The molecule has 0 aromatic heterocycles. The minimum absolute atomic E-state index is 0.0423. The lowest BCUT2D eigenvalue weighted by molar-refractivity contribution is -0.00222. The van der Waals surface area contributed by atoms with Gasteiger partial charge in [-0.05, 0) is 63.1 Å². The van der Waals surface area contributed by atoms with Crippen LogP contribution in [0.1, 0.15) is 44.9 Å². The van der Waals surface area contributed by atoms with Gasteiger partial charge in [0.25, 0.3) is 0 Å². The van der Waals surface area contributed by atoms with Crippen LogP contribution in [0.5, 0.6) is 0 Å². The van der Waals surface area contributed by atoms with E-state index in [2.05, 4.69) is 36.1 Å². The Morgan fingerprint density at radius 2 is 1.45 bits per heavy atom. The number of benzene rings is 2. The van der Waals surface area contributed by atoms with Gasteiger partial charge in [-0.2, -0.15) is 0 Å². The fourth-order valence-electron chi connectivity index (χ4n) is 3.72. The van der Waals surface area contributed by atoms with Gasteiger partial charge in [0.05, 0.1) is 6.04 Å². The quantitative estimate of drug-likeness (QED) is 0.591. The lowest BCUT2D eigenvalue weighted by Gasteiger charge is -2.43. The lowest BCUT2D eigenvalue weighted by atomic mass is 9.95. The van der Waals surface area contributed by atoms with Crippen molar-refractivity contribution in [2.24, 2.45) is 0 Å². The molecule has 1 unspecified atom stereocenters. The molecule has 156 valence electrons. The number of rotatable bonds is 3. The Kier molecular flexibility index (Phi) is 6.77. The van der Waals surface area contributed by atoms with Crippen LogP contribution in [0.3, 0.4) is 0 Å². The number of nitrogens with zero attached hydrogens (tertiary/aromatic N) is 2. The maximum Gasteiger partial charge on any atom is 0.410 e. The number of halogens is 2. The molecule has 0 saturated carbocycles. The van der Waals surface area contributed by atoms with Gasteiger partial charge in [0.15, 0.2) is 0 Å². The number of hydrogen-bond acceptors (Lipinski definition) is 3. The Balaban J connectivity index is 1.83. The zero-order chi connectivity index (χ0) is 21.2. The molecule has 6 heteroatoms. The first-order valence-corrected chi connectivity index (χ1v) is 10.6. The van der Waals surface area contributed by atoms with Crippen LogP contribution in [-0.2, 0) is 4.74 Å². The molecule has 1 atom stereocenters. The van der Waals surface area contributed by atoms with Crippen LogP contribution < -0.4 is 0 Å². The first-order chi connectivity index (χ1) is 13.6.